The van der Waals surface area contributed by atoms with Crippen LogP contribution in [0.25, 0.3) is 10.9 Å². The number of sulfonamides is 1. The van der Waals surface area contributed by atoms with Gasteiger partial charge in [0.05, 0.1) is 31.9 Å². The van der Waals surface area contributed by atoms with Crippen LogP contribution in [0.2, 0.25) is 0 Å². The standard InChI is InChI=1S/C26H27N3O6S/c1-28-12-11-19-13-21(9-10-22(19)28)36(31,32)29(26(30)18-7-5-17(16-27)6-8-18)20-14-23(33-2)25(35-4)24(15-20)34-3/h5-15H,16,27H2,1-4H3. The topological polar surface area (TPSA) is 113 Å². The lowest BCUT2D eigenvalue weighted by molar-refractivity contribution is 0.101. The Balaban J connectivity index is 1.94. The SMILES string of the molecule is COc1cc(N(C(=O)c2ccc(CN)cc2)S(=O)(=O)c2ccc3c(ccn3C)c2)cc(OC)c1OC. The summed E-state index contributed by atoms with van der Waals surface area (Å²) in [5, 5.41) is 0.725. The summed E-state index contributed by atoms with van der Waals surface area (Å²) in [6, 6.07) is 15.8. The molecule has 0 radical (unpaired) electrons. The average molecular weight is 510 g/mol. The lowest BCUT2D eigenvalue weighted by Crippen LogP contribution is -2.37. The predicted octanol–water partition coefficient (Wildman–Crippen LogP) is 3.70. The molecule has 10 heteroatoms. The molecule has 4 rings (SSSR count). The quantitative estimate of drug-likeness (QED) is 0.385. The van der Waals surface area contributed by atoms with Crippen molar-refractivity contribution in [2.75, 3.05) is 25.6 Å². The van der Waals surface area contributed by atoms with Crippen molar-refractivity contribution < 1.29 is 27.4 Å². The Bertz CT molecular complexity index is 1500. The molecule has 0 saturated heterocycles. The van der Waals surface area contributed by atoms with Crippen molar-refractivity contribution in [3.05, 3.63) is 78.0 Å². The second-order valence-electron chi connectivity index (χ2n) is 8.01. The second-order valence-corrected chi connectivity index (χ2v) is 9.79. The van der Waals surface area contributed by atoms with Crippen LogP contribution in [0, 0.1) is 0 Å². The zero-order chi connectivity index (χ0) is 26.0. The van der Waals surface area contributed by atoms with Gasteiger partial charge in [-0.15, -0.1) is 0 Å². The molecule has 36 heavy (non-hydrogen) atoms. The minimum absolute atomic E-state index is 0.0329. The van der Waals surface area contributed by atoms with Gasteiger partial charge in [-0.05, 0) is 42.0 Å². The molecule has 0 atom stereocenters. The number of hydrogen-bond donors (Lipinski definition) is 1. The third-order valence-corrected chi connectivity index (χ3v) is 7.61. The van der Waals surface area contributed by atoms with Gasteiger partial charge in [0.1, 0.15) is 0 Å². The Labute approximate surface area is 209 Å². The minimum Gasteiger partial charge on any atom is -0.493 e. The Morgan fingerprint density at radius 2 is 1.56 bits per heavy atom. The zero-order valence-corrected chi connectivity index (χ0v) is 21.2. The van der Waals surface area contributed by atoms with E-state index in [2.05, 4.69) is 0 Å². The highest BCUT2D eigenvalue weighted by molar-refractivity contribution is 7.93. The molecule has 1 amide bonds. The fourth-order valence-corrected chi connectivity index (χ4v) is 5.41. The van der Waals surface area contributed by atoms with Crippen LogP contribution in [0.15, 0.2) is 71.8 Å². The van der Waals surface area contributed by atoms with Gasteiger partial charge in [-0.25, -0.2) is 8.42 Å². The van der Waals surface area contributed by atoms with E-state index in [0.29, 0.717) is 6.54 Å². The monoisotopic (exact) mass is 509 g/mol. The fourth-order valence-electron chi connectivity index (χ4n) is 3.98. The largest absolute Gasteiger partial charge is 0.493 e. The van der Waals surface area contributed by atoms with E-state index < -0.39 is 15.9 Å². The van der Waals surface area contributed by atoms with Gasteiger partial charge in [0.25, 0.3) is 15.9 Å². The Kier molecular flexibility index (Phi) is 6.91. The molecule has 0 unspecified atom stereocenters. The van der Waals surface area contributed by atoms with Gasteiger partial charge in [-0.3, -0.25) is 4.79 Å². The molecular weight excluding hydrogens is 482 g/mol. The minimum atomic E-state index is -4.37. The maximum absolute atomic E-state index is 14.0. The molecule has 0 aliphatic carbocycles. The van der Waals surface area contributed by atoms with E-state index in [1.54, 1.807) is 36.4 Å². The smallest absolute Gasteiger partial charge is 0.272 e. The van der Waals surface area contributed by atoms with Crippen molar-refractivity contribution in [1.82, 2.24) is 4.57 Å². The van der Waals surface area contributed by atoms with Crippen LogP contribution in [0.4, 0.5) is 5.69 Å². The maximum Gasteiger partial charge on any atom is 0.272 e. The lowest BCUT2D eigenvalue weighted by atomic mass is 10.1. The predicted molar refractivity (Wildman–Crippen MR) is 137 cm³/mol. The summed E-state index contributed by atoms with van der Waals surface area (Å²) in [6.45, 7) is 0.292. The van der Waals surface area contributed by atoms with E-state index in [1.807, 2.05) is 23.9 Å². The fraction of sp³-hybridized carbons (Fsp3) is 0.192. The number of aryl methyl sites for hydroxylation is 1. The summed E-state index contributed by atoms with van der Waals surface area (Å²) >= 11 is 0. The molecule has 9 nitrogen and oxygen atoms in total. The number of nitrogens with zero attached hydrogens (tertiary/aromatic N) is 2. The van der Waals surface area contributed by atoms with Crippen LogP contribution in [-0.4, -0.2) is 40.2 Å². The molecule has 0 bridgehead atoms. The summed E-state index contributed by atoms with van der Waals surface area (Å²) in [7, 11) is 1.76. The molecule has 1 heterocycles. The van der Waals surface area contributed by atoms with Crippen molar-refractivity contribution in [2.24, 2.45) is 12.8 Å². The van der Waals surface area contributed by atoms with Crippen LogP contribution >= 0.6 is 0 Å². The molecule has 2 N–H and O–H groups in total. The normalized spacial score (nSPS) is 11.4. The molecule has 0 spiro atoms. The van der Waals surface area contributed by atoms with Crippen molar-refractivity contribution in [3.8, 4) is 17.2 Å². The van der Waals surface area contributed by atoms with Crippen LogP contribution < -0.4 is 24.2 Å². The summed E-state index contributed by atoms with van der Waals surface area (Å²) < 4.78 is 46.9. The first-order valence-corrected chi connectivity index (χ1v) is 12.4. The molecule has 0 aliphatic heterocycles. The highest BCUT2D eigenvalue weighted by Crippen LogP contribution is 2.42. The third-order valence-electron chi connectivity index (χ3n) is 5.90. The molecular formula is C26H27N3O6S. The van der Waals surface area contributed by atoms with E-state index >= 15 is 0 Å². The van der Waals surface area contributed by atoms with Crippen molar-refractivity contribution >= 4 is 32.5 Å². The first-order valence-electron chi connectivity index (χ1n) is 11.0. The number of rotatable bonds is 8. The lowest BCUT2D eigenvalue weighted by Gasteiger charge is -2.25. The van der Waals surface area contributed by atoms with Gasteiger partial charge < -0.3 is 24.5 Å². The molecule has 188 valence electrons. The van der Waals surface area contributed by atoms with Gasteiger partial charge in [-0.2, -0.15) is 4.31 Å². The van der Waals surface area contributed by atoms with E-state index in [0.717, 1.165) is 20.8 Å². The van der Waals surface area contributed by atoms with E-state index in [9.17, 15) is 13.2 Å². The summed E-state index contributed by atoms with van der Waals surface area (Å²) in [4.78, 5) is 13.7. The van der Waals surface area contributed by atoms with Gasteiger partial charge in [0, 0.05) is 48.4 Å². The highest BCUT2D eigenvalue weighted by Gasteiger charge is 2.34. The number of anilines is 1. The number of methoxy groups -OCH3 is 3. The first-order chi connectivity index (χ1) is 17.2. The van der Waals surface area contributed by atoms with Gasteiger partial charge in [-0.1, -0.05) is 12.1 Å². The molecule has 4 aromatic rings. The highest BCUT2D eigenvalue weighted by atomic mass is 32.2. The van der Waals surface area contributed by atoms with Crippen LogP contribution in [-0.2, 0) is 23.6 Å². The van der Waals surface area contributed by atoms with Crippen molar-refractivity contribution in [2.45, 2.75) is 11.4 Å². The number of fused-ring (bicyclic) bond motifs is 1. The van der Waals surface area contributed by atoms with E-state index in [1.165, 1.54) is 39.5 Å². The molecule has 0 fully saturated rings. The zero-order valence-electron chi connectivity index (χ0n) is 20.4. The average Bonchev–Trinajstić information content (AvgIpc) is 3.27. The second kappa shape index (κ2) is 9.92. The summed E-state index contributed by atoms with van der Waals surface area (Å²) in [6.07, 6.45) is 1.84. The molecule has 1 aromatic heterocycles. The number of carbonyl (C=O) groups excluding carboxylic acids is 1. The van der Waals surface area contributed by atoms with Gasteiger partial charge >= 0.3 is 0 Å². The van der Waals surface area contributed by atoms with Crippen molar-refractivity contribution in [1.29, 1.82) is 0 Å². The molecule has 0 aliphatic rings. The first kappa shape index (κ1) is 25.1. The summed E-state index contributed by atoms with van der Waals surface area (Å²) in [5.41, 5.74) is 7.55. The maximum atomic E-state index is 14.0. The number of carbonyl (C=O) groups is 1. The van der Waals surface area contributed by atoms with Crippen molar-refractivity contribution in [3.63, 3.8) is 0 Å². The van der Waals surface area contributed by atoms with Crippen LogP contribution in [0.5, 0.6) is 17.2 Å². The number of hydrogen-bond acceptors (Lipinski definition) is 7. The Morgan fingerprint density at radius 1 is 0.917 bits per heavy atom. The van der Waals surface area contributed by atoms with Crippen LogP contribution in [0.3, 0.4) is 0 Å². The van der Waals surface area contributed by atoms with Crippen LogP contribution in [0.1, 0.15) is 15.9 Å². The molecule has 3 aromatic carbocycles. The number of nitrogens with two attached hydrogens (primary N) is 1. The number of aromatic nitrogens is 1. The molecule has 0 saturated carbocycles. The number of benzene rings is 3. The Hall–Kier alpha value is -4.02. The van der Waals surface area contributed by atoms with E-state index in [-0.39, 0.29) is 33.4 Å². The van der Waals surface area contributed by atoms with E-state index in [4.69, 9.17) is 19.9 Å². The Morgan fingerprint density at radius 3 is 2.11 bits per heavy atom. The van der Waals surface area contributed by atoms with Gasteiger partial charge in [0.15, 0.2) is 11.5 Å². The number of ether oxygens (including phenoxy) is 3. The third kappa shape index (κ3) is 4.36. The van der Waals surface area contributed by atoms with Gasteiger partial charge in [0.2, 0.25) is 5.75 Å². The number of amides is 1. The summed E-state index contributed by atoms with van der Waals surface area (Å²) in [5.74, 6) is -0.0683.